The van der Waals surface area contributed by atoms with Crippen molar-refractivity contribution in [3.05, 3.63) is 68.9 Å². The zero-order chi connectivity index (χ0) is 15.4. The summed E-state index contributed by atoms with van der Waals surface area (Å²) in [5, 5.41) is 3.52. The summed E-state index contributed by atoms with van der Waals surface area (Å²) in [5.74, 6) is -0.771. The Hall–Kier alpha value is -1.39. The second kappa shape index (κ2) is 7.05. The molecule has 2 rings (SSSR count). The Labute approximate surface area is 136 Å². The molecule has 0 radical (unpaired) electrons. The molecule has 0 aliphatic carbocycles. The molecule has 0 heterocycles. The van der Waals surface area contributed by atoms with E-state index in [0.717, 1.165) is 5.56 Å². The first kappa shape index (κ1) is 16.0. The fraction of sp³-hybridized carbons (Fsp3) is 0.188. The van der Waals surface area contributed by atoms with E-state index in [1.807, 2.05) is 25.1 Å². The van der Waals surface area contributed by atoms with Crippen LogP contribution in [0.1, 0.15) is 35.3 Å². The zero-order valence-corrected chi connectivity index (χ0v) is 13.7. The van der Waals surface area contributed by atoms with E-state index in [1.165, 1.54) is 18.2 Å². The van der Waals surface area contributed by atoms with Crippen LogP contribution in [0, 0.1) is 5.82 Å². The van der Waals surface area contributed by atoms with Crippen LogP contribution in [0.3, 0.4) is 0 Å². The highest BCUT2D eigenvalue weighted by molar-refractivity contribution is 9.10. The lowest BCUT2D eigenvalue weighted by Gasteiger charge is -2.18. The Kier molecular flexibility index (Phi) is 5.37. The molecule has 1 amide bonds. The standard InChI is InChI=1S/C16H14BrClFNO/c1-2-15(10-4-3-5-11(18)8-10)20-16(21)13-9-12(19)6-7-14(13)17/h3-9,15H,2H2,1H3,(H,20,21). The molecule has 0 saturated carbocycles. The molecule has 0 bridgehead atoms. The summed E-state index contributed by atoms with van der Waals surface area (Å²) in [5.41, 5.74) is 1.20. The highest BCUT2D eigenvalue weighted by Crippen LogP contribution is 2.23. The van der Waals surface area contributed by atoms with Crippen LogP contribution in [0.15, 0.2) is 46.9 Å². The van der Waals surface area contributed by atoms with Crippen LogP contribution in [-0.2, 0) is 0 Å². The molecular weight excluding hydrogens is 357 g/mol. The summed E-state index contributed by atoms with van der Waals surface area (Å²) in [6.07, 6.45) is 0.707. The van der Waals surface area contributed by atoms with E-state index in [2.05, 4.69) is 21.2 Å². The largest absolute Gasteiger partial charge is 0.345 e. The molecule has 2 aromatic carbocycles. The number of rotatable bonds is 4. The van der Waals surface area contributed by atoms with Crippen LogP contribution in [-0.4, -0.2) is 5.91 Å². The predicted octanol–water partition coefficient (Wildman–Crippen LogP) is 5.12. The molecule has 0 spiro atoms. The number of nitrogens with one attached hydrogen (secondary N) is 1. The summed E-state index contributed by atoms with van der Waals surface area (Å²) < 4.78 is 13.8. The molecule has 2 nitrogen and oxygen atoms in total. The Morgan fingerprint density at radius 3 is 2.76 bits per heavy atom. The molecule has 21 heavy (non-hydrogen) atoms. The predicted molar refractivity (Wildman–Crippen MR) is 86.1 cm³/mol. The third-order valence-corrected chi connectivity index (χ3v) is 4.06. The van der Waals surface area contributed by atoms with Gasteiger partial charge in [-0.15, -0.1) is 0 Å². The molecule has 1 N–H and O–H groups in total. The second-order valence-corrected chi connectivity index (χ2v) is 5.90. The van der Waals surface area contributed by atoms with Crippen molar-refractivity contribution < 1.29 is 9.18 Å². The normalized spacial score (nSPS) is 12.0. The Morgan fingerprint density at radius 2 is 2.10 bits per heavy atom. The van der Waals surface area contributed by atoms with E-state index in [-0.39, 0.29) is 17.5 Å². The smallest absolute Gasteiger partial charge is 0.253 e. The summed E-state index contributed by atoms with van der Waals surface area (Å²) in [6, 6.07) is 11.2. The number of halogens is 3. The molecule has 0 aliphatic heterocycles. The maximum absolute atomic E-state index is 13.3. The molecule has 0 aromatic heterocycles. The molecule has 2 aromatic rings. The van der Waals surface area contributed by atoms with E-state index >= 15 is 0 Å². The lowest BCUT2D eigenvalue weighted by molar-refractivity contribution is 0.0934. The molecule has 0 fully saturated rings. The van der Waals surface area contributed by atoms with Crippen molar-refractivity contribution >= 4 is 33.4 Å². The van der Waals surface area contributed by atoms with Gasteiger partial charge in [0.1, 0.15) is 5.82 Å². The zero-order valence-electron chi connectivity index (χ0n) is 11.4. The SMILES string of the molecule is CCC(NC(=O)c1cc(F)ccc1Br)c1cccc(Cl)c1. The third-order valence-electron chi connectivity index (χ3n) is 3.14. The Balaban J connectivity index is 2.22. The van der Waals surface area contributed by atoms with E-state index in [0.29, 0.717) is 15.9 Å². The van der Waals surface area contributed by atoms with Gasteiger partial charge in [-0.3, -0.25) is 4.79 Å². The van der Waals surface area contributed by atoms with E-state index < -0.39 is 5.82 Å². The van der Waals surface area contributed by atoms with Crippen LogP contribution < -0.4 is 5.32 Å². The van der Waals surface area contributed by atoms with Crippen molar-refractivity contribution in [1.29, 1.82) is 0 Å². The van der Waals surface area contributed by atoms with Crippen LogP contribution in [0.25, 0.3) is 0 Å². The monoisotopic (exact) mass is 369 g/mol. The maximum Gasteiger partial charge on any atom is 0.253 e. The number of carbonyl (C=O) groups excluding carboxylic acids is 1. The minimum Gasteiger partial charge on any atom is -0.345 e. The molecule has 5 heteroatoms. The average molecular weight is 371 g/mol. The quantitative estimate of drug-likeness (QED) is 0.795. The van der Waals surface area contributed by atoms with E-state index in [1.54, 1.807) is 6.07 Å². The van der Waals surface area contributed by atoms with Crippen molar-refractivity contribution in [3.63, 3.8) is 0 Å². The minimum absolute atomic E-state index is 0.175. The number of carbonyl (C=O) groups is 1. The van der Waals surface area contributed by atoms with Gasteiger partial charge in [0, 0.05) is 9.50 Å². The maximum atomic E-state index is 13.3. The van der Waals surface area contributed by atoms with Gasteiger partial charge in [0.05, 0.1) is 11.6 Å². The highest BCUT2D eigenvalue weighted by atomic mass is 79.9. The molecule has 0 saturated heterocycles. The number of amides is 1. The third kappa shape index (κ3) is 4.05. The van der Waals surface area contributed by atoms with Crippen molar-refractivity contribution in [1.82, 2.24) is 5.32 Å². The summed E-state index contributed by atoms with van der Waals surface area (Å²) >= 11 is 9.24. The second-order valence-electron chi connectivity index (χ2n) is 4.61. The first-order valence-corrected chi connectivity index (χ1v) is 7.69. The first-order chi connectivity index (χ1) is 10.0. The van der Waals surface area contributed by atoms with Gasteiger partial charge in [-0.1, -0.05) is 30.7 Å². The summed E-state index contributed by atoms with van der Waals surface area (Å²) in [4.78, 5) is 12.3. The van der Waals surface area contributed by atoms with Crippen molar-refractivity contribution in [3.8, 4) is 0 Å². The lowest BCUT2D eigenvalue weighted by atomic mass is 10.0. The highest BCUT2D eigenvalue weighted by Gasteiger charge is 2.17. The Bertz CT molecular complexity index is 662. The van der Waals surface area contributed by atoms with Gasteiger partial charge in [0.25, 0.3) is 5.91 Å². The lowest BCUT2D eigenvalue weighted by Crippen LogP contribution is -2.28. The fourth-order valence-electron chi connectivity index (χ4n) is 2.05. The van der Waals surface area contributed by atoms with Crippen LogP contribution in [0.5, 0.6) is 0 Å². The van der Waals surface area contributed by atoms with Gasteiger partial charge in [-0.25, -0.2) is 4.39 Å². The fourth-order valence-corrected chi connectivity index (χ4v) is 2.68. The van der Waals surface area contributed by atoms with Gasteiger partial charge >= 0.3 is 0 Å². The van der Waals surface area contributed by atoms with Crippen molar-refractivity contribution in [2.45, 2.75) is 19.4 Å². The number of hydrogen-bond donors (Lipinski definition) is 1. The Morgan fingerprint density at radius 1 is 1.33 bits per heavy atom. The first-order valence-electron chi connectivity index (χ1n) is 6.52. The van der Waals surface area contributed by atoms with Crippen LogP contribution >= 0.6 is 27.5 Å². The molecular formula is C16H14BrClFNO. The molecule has 0 aliphatic rings. The van der Waals surface area contributed by atoms with Gasteiger partial charge in [-0.2, -0.15) is 0 Å². The topological polar surface area (TPSA) is 29.1 Å². The van der Waals surface area contributed by atoms with Crippen molar-refractivity contribution in [2.24, 2.45) is 0 Å². The molecule has 1 unspecified atom stereocenters. The molecule has 110 valence electrons. The molecule has 1 atom stereocenters. The minimum atomic E-state index is -0.445. The summed E-state index contributed by atoms with van der Waals surface area (Å²) in [6.45, 7) is 1.96. The van der Waals surface area contributed by atoms with E-state index in [9.17, 15) is 9.18 Å². The van der Waals surface area contributed by atoms with Crippen LogP contribution in [0.4, 0.5) is 4.39 Å². The van der Waals surface area contributed by atoms with Gasteiger partial charge in [0.2, 0.25) is 0 Å². The van der Waals surface area contributed by atoms with E-state index in [4.69, 9.17) is 11.6 Å². The number of benzene rings is 2. The summed E-state index contributed by atoms with van der Waals surface area (Å²) in [7, 11) is 0. The van der Waals surface area contributed by atoms with Crippen LogP contribution in [0.2, 0.25) is 5.02 Å². The van der Waals surface area contributed by atoms with Crippen molar-refractivity contribution in [2.75, 3.05) is 0 Å². The van der Waals surface area contributed by atoms with Gasteiger partial charge in [-0.05, 0) is 58.2 Å². The average Bonchev–Trinajstić information content (AvgIpc) is 2.47. The number of hydrogen-bond acceptors (Lipinski definition) is 1. The van der Waals surface area contributed by atoms with Gasteiger partial charge in [0.15, 0.2) is 0 Å². The van der Waals surface area contributed by atoms with Gasteiger partial charge < -0.3 is 5.32 Å².